The molecule has 0 aliphatic rings. The number of nitrogens with two attached hydrogens (primary N) is 1. The molecule has 0 fully saturated rings. The molecule has 0 aliphatic carbocycles. The highest BCUT2D eigenvalue weighted by atomic mass is 16.5. The van der Waals surface area contributed by atoms with Gasteiger partial charge in [0.15, 0.2) is 5.69 Å². The molecule has 0 radical (unpaired) electrons. The number of carbonyl (C=O) groups excluding carboxylic acids is 1. The van der Waals surface area contributed by atoms with E-state index in [1.165, 1.54) is 19.5 Å². The molecule has 16 heavy (non-hydrogen) atoms. The van der Waals surface area contributed by atoms with Gasteiger partial charge >= 0.3 is 0 Å². The molecule has 2 N–H and O–H groups in total. The van der Waals surface area contributed by atoms with E-state index in [0.717, 1.165) is 0 Å². The van der Waals surface area contributed by atoms with E-state index in [9.17, 15) is 4.79 Å². The van der Waals surface area contributed by atoms with Crippen LogP contribution in [0.2, 0.25) is 0 Å². The van der Waals surface area contributed by atoms with Crippen molar-refractivity contribution < 1.29 is 9.53 Å². The van der Waals surface area contributed by atoms with Crippen LogP contribution in [0, 0.1) is 0 Å². The third-order valence-electron chi connectivity index (χ3n) is 2.79. The number of methoxy groups -OCH3 is 1. The zero-order chi connectivity index (χ0) is 12.2. The van der Waals surface area contributed by atoms with Gasteiger partial charge in [-0.1, -0.05) is 13.8 Å². The van der Waals surface area contributed by atoms with Crippen molar-refractivity contribution in [1.29, 1.82) is 0 Å². The summed E-state index contributed by atoms with van der Waals surface area (Å²) < 4.78 is 5.00. The van der Waals surface area contributed by atoms with Gasteiger partial charge in [0.25, 0.3) is 0 Å². The van der Waals surface area contributed by atoms with E-state index in [0.29, 0.717) is 12.8 Å². The van der Waals surface area contributed by atoms with Gasteiger partial charge in [0.05, 0.1) is 12.6 Å². The molecule has 1 rings (SSSR count). The number of ketones is 1. The SMILES string of the molecule is CCC(N)(CC)C(=O)c1nccnc1OC. The molecule has 0 atom stereocenters. The monoisotopic (exact) mass is 223 g/mol. The molecule has 1 heterocycles. The van der Waals surface area contributed by atoms with Crippen LogP contribution < -0.4 is 10.5 Å². The van der Waals surface area contributed by atoms with Crippen LogP contribution in [0.25, 0.3) is 0 Å². The van der Waals surface area contributed by atoms with Crippen molar-refractivity contribution in [3.63, 3.8) is 0 Å². The Morgan fingerprint density at radius 2 is 1.94 bits per heavy atom. The lowest BCUT2D eigenvalue weighted by atomic mass is 9.87. The molecule has 0 bridgehead atoms. The second-order valence-electron chi connectivity index (χ2n) is 3.61. The van der Waals surface area contributed by atoms with Gasteiger partial charge in [-0.15, -0.1) is 0 Å². The minimum atomic E-state index is -0.886. The maximum atomic E-state index is 12.2. The quantitative estimate of drug-likeness (QED) is 0.758. The number of hydrogen-bond acceptors (Lipinski definition) is 5. The summed E-state index contributed by atoms with van der Waals surface area (Å²) in [5.74, 6) is 0.00618. The third kappa shape index (κ3) is 2.19. The van der Waals surface area contributed by atoms with Gasteiger partial charge in [-0.2, -0.15) is 0 Å². The van der Waals surface area contributed by atoms with E-state index in [4.69, 9.17) is 10.5 Å². The fraction of sp³-hybridized carbons (Fsp3) is 0.545. The summed E-state index contributed by atoms with van der Waals surface area (Å²) in [6.07, 6.45) is 4.05. The summed E-state index contributed by atoms with van der Waals surface area (Å²) in [6, 6.07) is 0. The Balaban J connectivity index is 3.13. The van der Waals surface area contributed by atoms with Gasteiger partial charge < -0.3 is 10.5 Å². The predicted octanol–water partition coefficient (Wildman–Crippen LogP) is 1.19. The number of nitrogens with zero attached hydrogens (tertiary/aromatic N) is 2. The third-order valence-corrected chi connectivity index (χ3v) is 2.79. The lowest BCUT2D eigenvalue weighted by Gasteiger charge is -2.24. The molecule has 0 saturated heterocycles. The largest absolute Gasteiger partial charge is 0.479 e. The number of rotatable bonds is 5. The number of aromatic nitrogens is 2. The fourth-order valence-corrected chi connectivity index (χ4v) is 1.44. The van der Waals surface area contributed by atoms with Gasteiger partial charge in [-0.25, -0.2) is 9.97 Å². The summed E-state index contributed by atoms with van der Waals surface area (Å²) in [4.78, 5) is 20.1. The van der Waals surface area contributed by atoms with Crippen molar-refractivity contribution in [2.24, 2.45) is 5.73 Å². The summed E-state index contributed by atoms with van der Waals surface area (Å²) in [5, 5.41) is 0. The Labute approximate surface area is 95.0 Å². The van der Waals surface area contributed by atoms with Crippen LogP contribution in [0.3, 0.4) is 0 Å². The highest BCUT2D eigenvalue weighted by Gasteiger charge is 2.34. The second kappa shape index (κ2) is 5.03. The Morgan fingerprint density at radius 1 is 1.38 bits per heavy atom. The molecule has 0 saturated carbocycles. The molecule has 0 unspecified atom stereocenters. The molecule has 88 valence electrons. The molecular weight excluding hydrogens is 206 g/mol. The molecule has 0 amide bonds. The Bertz CT molecular complexity index is 375. The Morgan fingerprint density at radius 3 is 2.44 bits per heavy atom. The lowest BCUT2D eigenvalue weighted by molar-refractivity contribution is 0.0870. The number of Topliss-reactive ketones (excluding diaryl/α,β-unsaturated/α-hetero) is 1. The van der Waals surface area contributed by atoms with Crippen LogP contribution in [0.4, 0.5) is 0 Å². The number of hydrogen-bond donors (Lipinski definition) is 1. The summed E-state index contributed by atoms with van der Waals surface area (Å²) >= 11 is 0. The molecule has 1 aromatic rings. The molecule has 0 aliphatic heterocycles. The van der Waals surface area contributed by atoms with Gasteiger partial charge in [-0.05, 0) is 12.8 Å². The first-order chi connectivity index (χ1) is 7.59. The highest BCUT2D eigenvalue weighted by molar-refractivity contribution is 6.03. The van der Waals surface area contributed by atoms with Gasteiger partial charge in [0, 0.05) is 12.4 Å². The normalized spacial score (nSPS) is 11.2. The van der Waals surface area contributed by atoms with Crippen LogP contribution in [0.5, 0.6) is 5.88 Å². The maximum Gasteiger partial charge on any atom is 0.243 e. The maximum absolute atomic E-state index is 12.2. The number of carbonyl (C=O) groups is 1. The Hall–Kier alpha value is -1.49. The smallest absolute Gasteiger partial charge is 0.243 e. The molecule has 0 aromatic carbocycles. The zero-order valence-electron chi connectivity index (χ0n) is 9.86. The highest BCUT2D eigenvalue weighted by Crippen LogP contribution is 2.21. The molecule has 5 nitrogen and oxygen atoms in total. The summed E-state index contributed by atoms with van der Waals surface area (Å²) in [5.41, 5.74) is 5.34. The van der Waals surface area contributed by atoms with E-state index < -0.39 is 5.54 Å². The zero-order valence-corrected chi connectivity index (χ0v) is 9.86. The average molecular weight is 223 g/mol. The van der Waals surface area contributed by atoms with Crippen molar-refractivity contribution >= 4 is 5.78 Å². The second-order valence-corrected chi connectivity index (χ2v) is 3.61. The van der Waals surface area contributed by atoms with Gasteiger partial charge in [0.2, 0.25) is 11.7 Å². The topological polar surface area (TPSA) is 78.1 Å². The van der Waals surface area contributed by atoms with Crippen LogP contribution in [-0.4, -0.2) is 28.4 Å². The lowest BCUT2D eigenvalue weighted by Crippen LogP contribution is -2.47. The fourth-order valence-electron chi connectivity index (χ4n) is 1.44. The van der Waals surface area contributed by atoms with Crippen molar-refractivity contribution in [2.75, 3.05) is 7.11 Å². The van der Waals surface area contributed by atoms with Crippen molar-refractivity contribution in [3.8, 4) is 5.88 Å². The van der Waals surface area contributed by atoms with Gasteiger partial charge in [0.1, 0.15) is 0 Å². The van der Waals surface area contributed by atoms with E-state index in [1.54, 1.807) is 0 Å². The average Bonchev–Trinajstić information content (AvgIpc) is 2.36. The van der Waals surface area contributed by atoms with E-state index in [2.05, 4.69) is 9.97 Å². The number of ether oxygens (including phenoxy) is 1. The molecule has 0 spiro atoms. The molecule has 1 aromatic heterocycles. The summed E-state index contributed by atoms with van der Waals surface area (Å²) in [6.45, 7) is 3.76. The first kappa shape index (κ1) is 12.6. The minimum Gasteiger partial charge on any atom is -0.479 e. The standard InChI is InChI=1S/C11H17N3O2/c1-4-11(12,5-2)9(15)8-10(16-3)14-7-6-13-8/h6-7H,4-5,12H2,1-3H3. The molecular formula is C11H17N3O2. The van der Waals surface area contributed by atoms with Crippen LogP contribution in [0.1, 0.15) is 37.2 Å². The molecule has 5 heteroatoms. The van der Waals surface area contributed by atoms with Crippen LogP contribution >= 0.6 is 0 Å². The van der Waals surface area contributed by atoms with E-state index in [1.807, 2.05) is 13.8 Å². The van der Waals surface area contributed by atoms with Crippen LogP contribution in [-0.2, 0) is 0 Å². The van der Waals surface area contributed by atoms with E-state index >= 15 is 0 Å². The van der Waals surface area contributed by atoms with Crippen molar-refractivity contribution in [3.05, 3.63) is 18.1 Å². The Kier molecular flexibility index (Phi) is 3.95. The van der Waals surface area contributed by atoms with Gasteiger partial charge in [-0.3, -0.25) is 4.79 Å². The summed E-state index contributed by atoms with van der Waals surface area (Å²) in [7, 11) is 1.46. The first-order valence-corrected chi connectivity index (χ1v) is 5.27. The minimum absolute atomic E-state index is 0.205. The van der Waals surface area contributed by atoms with Crippen molar-refractivity contribution in [1.82, 2.24) is 9.97 Å². The van der Waals surface area contributed by atoms with E-state index in [-0.39, 0.29) is 17.4 Å². The first-order valence-electron chi connectivity index (χ1n) is 5.27. The van der Waals surface area contributed by atoms with Crippen LogP contribution in [0.15, 0.2) is 12.4 Å². The predicted molar refractivity (Wildman–Crippen MR) is 60.4 cm³/mol. The van der Waals surface area contributed by atoms with Crippen molar-refractivity contribution in [2.45, 2.75) is 32.2 Å².